The lowest BCUT2D eigenvalue weighted by Crippen LogP contribution is -2.18. The maximum atomic E-state index is 12.2. The van der Waals surface area contributed by atoms with Crippen LogP contribution in [0.4, 0.5) is 22.0 Å². The van der Waals surface area contributed by atoms with Crippen LogP contribution in [0.25, 0.3) is 0 Å². The Labute approximate surface area is 86.1 Å². The fraction of sp³-hybridized carbons (Fsp3) is 0.250. The summed E-state index contributed by atoms with van der Waals surface area (Å²) >= 11 is 0. The third kappa shape index (κ3) is 3.05. The third-order valence-electron chi connectivity index (χ3n) is 1.44. The molecule has 16 heavy (non-hydrogen) atoms. The molecule has 8 heteroatoms. The van der Waals surface area contributed by atoms with Crippen LogP contribution in [0.5, 0.6) is 5.75 Å². The summed E-state index contributed by atoms with van der Waals surface area (Å²) in [4.78, 5) is 3.04. The average molecular weight is 238 g/mol. The molecule has 0 spiro atoms. The Hall–Kier alpha value is -1.91. The Balaban J connectivity index is 3.17. The Morgan fingerprint density at radius 3 is 2.44 bits per heavy atom. The molecule has 0 unspecified atom stereocenters. The topological polar surface area (TPSA) is 45.9 Å². The van der Waals surface area contributed by atoms with Gasteiger partial charge < -0.3 is 4.74 Å². The fourth-order valence-electron chi connectivity index (χ4n) is 0.887. The number of ether oxygens (including phenoxy) is 1. The van der Waals surface area contributed by atoms with Crippen molar-refractivity contribution >= 4 is 0 Å². The van der Waals surface area contributed by atoms with Gasteiger partial charge in [0.1, 0.15) is 11.8 Å². The minimum Gasteiger partial charge on any atom is -0.404 e. The van der Waals surface area contributed by atoms with E-state index in [0.717, 1.165) is 6.20 Å². The zero-order valence-electron chi connectivity index (χ0n) is 7.42. The Morgan fingerprint density at radius 2 is 2.00 bits per heavy atom. The summed E-state index contributed by atoms with van der Waals surface area (Å²) in [6.07, 6.45) is -7.59. The molecule has 0 saturated carbocycles. The second-order valence-electron chi connectivity index (χ2n) is 2.57. The van der Waals surface area contributed by atoms with E-state index in [1.807, 2.05) is 0 Å². The summed E-state index contributed by atoms with van der Waals surface area (Å²) in [6.45, 7) is 0. The molecule has 1 rings (SSSR count). The van der Waals surface area contributed by atoms with Crippen molar-refractivity contribution in [2.75, 3.05) is 0 Å². The molecule has 0 aliphatic heterocycles. The molecule has 1 heterocycles. The van der Waals surface area contributed by atoms with Crippen molar-refractivity contribution in [1.29, 1.82) is 5.26 Å². The molecule has 0 aliphatic carbocycles. The van der Waals surface area contributed by atoms with E-state index in [4.69, 9.17) is 5.26 Å². The van der Waals surface area contributed by atoms with Crippen LogP contribution < -0.4 is 4.74 Å². The molecule has 0 aliphatic rings. The highest BCUT2D eigenvalue weighted by molar-refractivity contribution is 5.38. The number of rotatable bonds is 2. The average Bonchev–Trinajstić information content (AvgIpc) is 2.14. The summed E-state index contributed by atoms with van der Waals surface area (Å²) in [5.41, 5.74) is -1.46. The number of nitriles is 1. The number of hydrogen-bond donors (Lipinski definition) is 0. The highest BCUT2D eigenvalue weighted by atomic mass is 19.4. The summed E-state index contributed by atoms with van der Waals surface area (Å²) in [5, 5.41) is 8.38. The summed E-state index contributed by atoms with van der Waals surface area (Å²) in [5.74, 6) is -1.17. The predicted octanol–water partition coefficient (Wildman–Crippen LogP) is 2.79. The van der Waals surface area contributed by atoms with Crippen LogP contribution in [-0.4, -0.2) is 11.3 Å². The third-order valence-corrected chi connectivity index (χ3v) is 1.44. The number of hydrogen-bond acceptors (Lipinski definition) is 3. The molecule has 1 aromatic heterocycles. The largest absolute Gasteiger partial charge is 0.573 e. The van der Waals surface area contributed by atoms with Crippen molar-refractivity contribution in [3.63, 3.8) is 0 Å². The number of pyridine rings is 1. The lowest BCUT2D eigenvalue weighted by molar-refractivity contribution is -0.275. The van der Waals surface area contributed by atoms with Gasteiger partial charge in [-0.15, -0.1) is 13.2 Å². The van der Waals surface area contributed by atoms with Gasteiger partial charge in [-0.3, -0.25) is 0 Å². The first kappa shape index (κ1) is 12.2. The molecule has 1 aromatic rings. The van der Waals surface area contributed by atoms with Crippen molar-refractivity contribution in [2.45, 2.75) is 12.8 Å². The molecule has 3 nitrogen and oxygen atoms in total. The number of aromatic nitrogens is 1. The van der Waals surface area contributed by atoms with Crippen LogP contribution >= 0.6 is 0 Å². The Kier molecular flexibility index (Phi) is 3.27. The summed E-state index contributed by atoms with van der Waals surface area (Å²) in [7, 11) is 0. The van der Waals surface area contributed by atoms with Gasteiger partial charge in [-0.25, -0.2) is 13.8 Å². The first-order valence-corrected chi connectivity index (χ1v) is 3.77. The maximum absolute atomic E-state index is 12.2. The van der Waals surface area contributed by atoms with Gasteiger partial charge in [0.15, 0.2) is 5.75 Å². The van der Waals surface area contributed by atoms with Gasteiger partial charge >= 0.3 is 6.36 Å². The predicted molar refractivity (Wildman–Crippen MR) is 40.6 cm³/mol. The van der Waals surface area contributed by atoms with Crippen LogP contribution in [0, 0.1) is 11.3 Å². The molecule has 0 atom stereocenters. The Bertz CT molecular complexity index is 423. The minimum atomic E-state index is -5.11. The van der Waals surface area contributed by atoms with Crippen LogP contribution in [0.1, 0.15) is 17.7 Å². The van der Waals surface area contributed by atoms with E-state index in [2.05, 4.69) is 9.72 Å². The standard InChI is InChI=1S/C8H3F5N2O/c9-7(10)6-5(16-8(11,12)13)1-4(2-14)3-15-6/h1,3,7H. The molecular formula is C8H3F5N2O. The van der Waals surface area contributed by atoms with E-state index < -0.39 is 24.2 Å². The summed E-state index contributed by atoms with van der Waals surface area (Å²) < 4.78 is 63.4. The van der Waals surface area contributed by atoms with Crippen molar-refractivity contribution in [3.05, 3.63) is 23.5 Å². The molecule has 0 aromatic carbocycles. The molecule has 0 radical (unpaired) electrons. The lowest BCUT2D eigenvalue weighted by atomic mass is 10.2. The first-order valence-electron chi connectivity index (χ1n) is 3.77. The van der Waals surface area contributed by atoms with Crippen LogP contribution in [0.15, 0.2) is 12.3 Å². The van der Waals surface area contributed by atoms with Gasteiger partial charge in [-0.2, -0.15) is 5.26 Å². The van der Waals surface area contributed by atoms with E-state index in [1.165, 1.54) is 6.07 Å². The number of halogens is 5. The molecule has 86 valence electrons. The zero-order chi connectivity index (χ0) is 12.3. The van der Waals surface area contributed by atoms with Gasteiger partial charge in [-0.1, -0.05) is 0 Å². The van der Waals surface area contributed by atoms with E-state index in [1.54, 1.807) is 0 Å². The number of nitrogens with zero attached hydrogens (tertiary/aromatic N) is 2. The number of alkyl halides is 5. The fourth-order valence-corrected chi connectivity index (χ4v) is 0.887. The van der Waals surface area contributed by atoms with E-state index in [0.29, 0.717) is 6.07 Å². The van der Waals surface area contributed by atoms with Crippen molar-refractivity contribution in [3.8, 4) is 11.8 Å². The molecule has 0 saturated heterocycles. The zero-order valence-corrected chi connectivity index (χ0v) is 7.42. The van der Waals surface area contributed by atoms with Gasteiger partial charge in [0.25, 0.3) is 6.43 Å². The lowest BCUT2D eigenvalue weighted by Gasteiger charge is -2.11. The minimum absolute atomic E-state index is 0.302. The molecule has 0 N–H and O–H groups in total. The van der Waals surface area contributed by atoms with E-state index in [-0.39, 0.29) is 5.56 Å². The Morgan fingerprint density at radius 1 is 1.38 bits per heavy atom. The SMILES string of the molecule is N#Cc1cnc(C(F)F)c(OC(F)(F)F)c1. The molecular weight excluding hydrogens is 235 g/mol. The van der Waals surface area contributed by atoms with E-state index >= 15 is 0 Å². The maximum Gasteiger partial charge on any atom is 0.573 e. The van der Waals surface area contributed by atoms with E-state index in [9.17, 15) is 22.0 Å². The summed E-state index contributed by atoms with van der Waals surface area (Å²) in [6, 6.07) is 2.02. The monoisotopic (exact) mass is 238 g/mol. The van der Waals surface area contributed by atoms with Gasteiger partial charge in [0.05, 0.1) is 5.56 Å². The van der Waals surface area contributed by atoms with Gasteiger partial charge in [0.2, 0.25) is 0 Å². The smallest absolute Gasteiger partial charge is 0.404 e. The van der Waals surface area contributed by atoms with Crippen molar-refractivity contribution < 1.29 is 26.7 Å². The quantitative estimate of drug-likeness (QED) is 0.744. The first-order chi connectivity index (χ1) is 7.33. The van der Waals surface area contributed by atoms with Crippen LogP contribution in [0.3, 0.4) is 0 Å². The van der Waals surface area contributed by atoms with Gasteiger partial charge in [-0.05, 0) is 0 Å². The van der Waals surface area contributed by atoms with Gasteiger partial charge in [0, 0.05) is 12.3 Å². The van der Waals surface area contributed by atoms with Crippen LogP contribution in [0.2, 0.25) is 0 Å². The second kappa shape index (κ2) is 4.30. The normalized spacial score (nSPS) is 11.3. The molecule has 0 amide bonds. The highest BCUT2D eigenvalue weighted by Gasteiger charge is 2.33. The molecule has 0 bridgehead atoms. The van der Waals surface area contributed by atoms with Crippen molar-refractivity contribution in [1.82, 2.24) is 4.98 Å². The second-order valence-corrected chi connectivity index (χ2v) is 2.57. The van der Waals surface area contributed by atoms with Crippen LogP contribution in [-0.2, 0) is 0 Å². The van der Waals surface area contributed by atoms with Crippen molar-refractivity contribution in [2.24, 2.45) is 0 Å². The molecule has 0 fully saturated rings. The highest BCUT2D eigenvalue weighted by Crippen LogP contribution is 2.31.